The Morgan fingerprint density at radius 2 is 1.91 bits per heavy atom. The van der Waals surface area contributed by atoms with E-state index < -0.39 is 0 Å². The molecule has 0 N–H and O–H groups in total. The second-order valence-electron chi connectivity index (χ2n) is 5.94. The third-order valence-electron chi connectivity index (χ3n) is 3.93. The van der Waals surface area contributed by atoms with Crippen LogP contribution >= 0.6 is 0 Å². The van der Waals surface area contributed by atoms with Gasteiger partial charge in [0.15, 0.2) is 0 Å². The smallest absolute Gasteiger partial charge is 0.253 e. The maximum Gasteiger partial charge on any atom is 0.253 e. The molecule has 0 fully saturated rings. The summed E-state index contributed by atoms with van der Waals surface area (Å²) in [4.78, 5) is 18.4. The maximum atomic E-state index is 12.6. The van der Waals surface area contributed by atoms with Crippen LogP contribution in [0.3, 0.4) is 0 Å². The molecule has 122 valence electrons. The second-order valence-corrected chi connectivity index (χ2v) is 5.94. The highest BCUT2D eigenvalue weighted by Gasteiger charge is 2.15. The number of hydrogen-bond donors (Lipinski definition) is 0. The molecule has 0 atom stereocenters. The summed E-state index contributed by atoms with van der Waals surface area (Å²) in [6, 6.07) is 9.59. The van der Waals surface area contributed by atoms with Crippen molar-refractivity contribution in [2.75, 3.05) is 20.7 Å². The zero-order chi connectivity index (χ0) is 16.8. The van der Waals surface area contributed by atoms with Crippen LogP contribution in [-0.4, -0.2) is 36.5 Å². The van der Waals surface area contributed by atoms with Gasteiger partial charge in [-0.1, -0.05) is 13.8 Å². The average Bonchev–Trinajstić information content (AvgIpc) is 2.59. The molecule has 0 aliphatic carbocycles. The Hall–Kier alpha value is -2.36. The highest BCUT2D eigenvalue weighted by molar-refractivity contribution is 5.94. The predicted molar refractivity (Wildman–Crippen MR) is 92.0 cm³/mol. The second kappa shape index (κ2) is 7.77. The molecular weight excluding hydrogens is 288 g/mol. The van der Waals surface area contributed by atoms with Crippen LogP contribution in [-0.2, 0) is 6.42 Å². The first-order valence-corrected chi connectivity index (χ1v) is 7.85. The standard InChI is InChI=1S/C19H24N2O2/c1-14(2)17-13-16(5-6-18(17)23-4)19(22)21(3)12-9-15-7-10-20-11-8-15/h5-8,10-11,13-14H,9,12H2,1-4H3. The minimum absolute atomic E-state index is 0.0311. The zero-order valence-corrected chi connectivity index (χ0v) is 14.2. The highest BCUT2D eigenvalue weighted by Crippen LogP contribution is 2.27. The molecule has 0 unspecified atom stereocenters. The van der Waals surface area contributed by atoms with E-state index in [9.17, 15) is 4.79 Å². The monoisotopic (exact) mass is 312 g/mol. The van der Waals surface area contributed by atoms with Crippen LogP contribution in [0.4, 0.5) is 0 Å². The number of hydrogen-bond acceptors (Lipinski definition) is 3. The highest BCUT2D eigenvalue weighted by atomic mass is 16.5. The molecule has 4 nitrogen and oxygen atoms in total. The molecule has 2 aromatic rings. The molecule has 1 heterocycles. The number of benzene rings is 1. The van der Waals surface area contributed by atoms with Gasteiger partial charge >= 0.3 is 0 Å². The first-order valence-electron chi connectivity index (χ1n) is 7.85. The van der Waals surface area contributed by atoms with E-state index >= 15 is 0 Å². The van der Waals surface area contributed by atoms with Crippen LogP contribution in [0, 0.1) is 0 Å². The fourth-order valence-electron chi connectivity index (χ4n) is 2.49. The third kappa shape index (κ3) is 4.31. The first kappa shape index (κ1) is 17.0. The number of methoxy groups -OCH3 is 1. The minimum Gasteiger partial charge on any atom is -0.496 e. The summed E-state index contributed by atoms with van der Waals surface area (Å²) in [6.45, 7) is 4.87. The van der Waals surface area contributed by atoms with Crippen LogP contribution < -0.4 is 4.74 Å². The molecule has 0 saturated carbocycles. The van der Waals surface area contributed by atoms with Gasteiger partial charge in [-0.2, -0.15) is 0 Å². The van der Waals surface area contributed by atoms with Crippen molar-refractivity contribution in [2.24, 2.45) is 0 Å². The Kier molecular flexibility index (Phi) is 5.74. The fraction of sp³-hybridized carbons (Fsp3) is 0.368. The summed E-state index contributed by atoms with van der Waals surface area (Å²) in [5, 5.41) is 0. The lowest BCUT2D eigenvalue weighted by Crippen LogP contribution is -2.29. The summed E-state index contributed by atoms with van der Waals surface area (Å²) in [6.07, 6.45) is 4.36. The van der Waals surface area contributed by atoms with Gasteiger partial charge in [0, 0.05) is 31.5 Å². The number of pyridine rings is 1. The van der Waals surface area contributed by atoms with Crippen molar-refractivity contribution >= 4 is 5.91 Å². The Labute approximate surface area is 138 Å². The van der Waals surface area contributed by atoms with E-state index in [1.807, 2.05) is 37.4 Å². The van der Waals surface area contributed by atoms with E-state index in [1.54, 1.807) is 24.4 Å². The zero-order valence-electron chi connectivity index (χ0n) is 14.2. The molecule has 0 spiro atoms. The van der Waals surface area contributed by atoms with Gasteiger partial charge in [-0.3, -0.25) is 9.78 Å². The summed E-state index contributed by atoms with van der Waals surface area (Å²) in [5.74, 6) is 1.17. The van der Waals surface area contributed by atoms with E-state index in [1.165, 1.54) is 5.56 Å². The van der Waals surface area contributed by atoms with Crippen LogP contribution in [0.5, 0.6) is 5.75 Å². The molecule has 0 saturated heterocycles. The van der Waals surface area contributed by atoms with Gasteiger partial charge in [0.2, 0.25) is 0 Å². The van der Waals surface area contributed by atoms with Crippen molar-refractivity contribution in [3.8, 4) is 5.75 Å². The molecule has 0 bridgehead atoms. The molecule has 2 rings (SSSR count). The van der Waals surface area contributed by atoms with Crippen molar-refractivity contribution in [1.29, 1.82) is 0 Å². The number of nitrogens with zero attached hydrogens (tertiary/aromatic N) is 2. The summed E-state index contributed by atoms with van der Waals surface area (Å²) >= 11 is 0. The first-order chi connectivity index (χ1) is 11.0. The fourth-order valence-corrected chi connectivity index (χ4v) is 2.49. The molecule has 1 aromatic carbocycles. The number of aromatic nitrogens is 1. The SMILES string of the molecule is COc1ccc(C(=O)N(C)CCc2ccncc2)cc1C(C)C. The largest absolute Gasteiger partial charge is 0.496 e. The topological polar surface area (TPSA) is 42.4 Å². The van der Waals surface area contributed by atoms with Gasteiger partial charge in [0.25, 0.3) is 5.91 Å². The molecule has 1 amide bonds. The van der Waals surface area contributed by atoms with Crippen molar-refractivity contribution in [2.45, 2.75) is 26.2 Å². The number of rotatable bonds is 6. The van der Waals surface area contributed by atoms with Gasteiger partial charge in [-0.25, -0.2) is 0 Å². The van der Waals surface area contributed by atoms with Crippen LogP contribution in [0.15, 0.2) is 42.7 Å². The molecule has 0 aliphatic rings. The lowest BCUT2D eigenvalue weighted by atomic mass is 9.99. The summed E-state index contributed by atoms with van der Waals surface area (Å²) < 4.78 is 5.38. The Morgan fingerprint density at radius 3 is 2.52 bits per heavy atom. The lowest BCUT2D eigenvalue weighted by molar-refractivity contribution is 0.0796. The maximum absolute atomic E-state index is 12.6. The number of amides is 1. The summed E-state index contributed by atoms with van der Waals surface area (Å²) in [7, 11) is 3.49. The number of likely N-dealkylation sites (N-methyl/N-ethyl adjacent to an activating group) is 1. The quantitative estimate of drug-likeness (QED) is 0.819. The van der Waals surface area contributed by atoms with Crippen molar-refractivity contribution < 1.29 is 9.53 Å². The van der Waals surface area contributed by atoms with E-state index in [4.69, 9.17) is 4.74 Å². The Morgan fingerprint density at radius 1 is 1.22 bits per heavy atom. The summed E-state index contributed by atoms with van der Waals surface area (Å²) in [5.41, 5.74) is 2.94. The molecule has 4 heteroatoms. The lowest BCUT2D eigenvalue weighted by Gasteiger charge is -2.19. The number of ether oxygens (including phenoxy) is 1. The molecule has 23 heavy (non-hydrogen) atoms. The van der Waals surface area contributed by atoms with Crippen molar-refractivity contribution in [3.05, 3.63) is 59.4 Å². The third-order valence-corrected chi connectivity index (χ3v) is 3.93. The molecule has 1 aromatic heterocycles. The number of carbonyl (C=O) groups is 1. The van der Waals surface area contributed by atoms with Crippen molar-refractivity contribution in [1.82, 2.24) is 9.88 Å². The minimum atomic E-state index is 0.0311. The Balaban J connectivity index is 2.08. The van der Waals surface area contributed by atoms with Gasteiger partial charge < -0.3 is 9.64 Å². The van der Waals surface area contributed by atoms with Gasteiger partial charge in [0.1, 0.15) is 5.75 Å². The van der Waals surface area contributed by atoms with Gasteiger partial charge in [-0.05, 0) is 53.8 Å². The average molecular weight is 312 g/mol. The van der Waals surface area contributed by atoms with Crippen LogP contribution in [0.1, 0.15) is 41.3 Å². The van der Waals surface area contributed by atoms with Crippen LogP contribution in [0.25, 0.3) is 0 Å². The molecule has 0 aliphatic heterocycles. The normalized spacial score (nSPS) is 10.7. The van der Waals surface area contributed by atoms with Gasteiger partial charge in [0.05, 0.1) is 7.11 Å². The number of carbonyl (C=O) groups excluding carboxylic acids is 1. The Bertz CT molecular complexity index is 654. The van der Waals surface area contributed by atoms with E-state index in [2.05, 4.69) is 18.8 Å². The van der Waals surface area contributed by atoms with E-state index in [0.717, 1.165) is 17.7 Å². The van der Waals surface area contributed by atoms with Crippen LogP contribution in [0.2, 0.25) is 0 Å². The van der Waals surface area contributed by atoms with Gasteiger partial charge in [-0.15, -0.1) is 0 Å². The van der Waals surface area contributed by atoms with E-state index in [0.29, 0.717) is 18.0 Å². The van der Waals surface area contributed by atoms with E-state index in [-0.39, 0.29) is 5.91 Å². The molecular formula is C19H24N2O2. The predicted octanol–water partition coefficient (Wildman–Crippen LogP) is 3.53. The molecule has 0 radical (unpaired) electrons. The van der Waals surface area contributed by atoms with Crippen molar-refractivity contribution in [3.63, 3.8) is 0 Å².